The first-order valence-corrected chi connectivity index (χ1v) is 13.7. The number of hydrogen-bond donors (Lipinski definition) is 2. The summed E-state index contributed by atoms with van der Waals surface area (Å²) in [6, 6.07) is 13.8. The Hall–Kier alpha value is -1.93. The van der Waals surface area contributed by atoms with Crippen LogP contribution >= 0.6 is 11.3 Å². The van der Waals surface area contributed by atoms with Crippen LogP contribution in [-0.2, 0) is 20.8 Å². The van der Waals surface area contributed by atoms with E-state index in [1.165, 1.54) is 0 Å². The van der Waals surface area contributed by atoms with Crippen molar-refractivity contribution in [3.8, 4) is 5.75 Å². The van der Waals surface area contributed by atoms with E-state index in [0.717, 1.165) is 29.9 Å². The molecule has 1 amide bonds. The number of nitrogens with one attached hydrogen (secondary N) is 1. The van der Waals surface area contributed by atoms with Crippen molar-refractivity contribution in [2.24, 2.45) is 22.7 Å². The normalized spacial score (nSPS) is 36.6. The molecule has 3 aliphatic rings. The van der Waals surface area contributed by atoms with E-state index in [9.17, 15) is 9.90 Å². The van der Waals surface area contributed by atoms with E-state index in [2.05, 4.69) is 19.2 Å². The van der Waals surface area contributed by atoms with Gasteiger partial charge in [0, 0.05) is 16.7 Å². The zero-order valence-corrected chi connectivity index (χ0v) is 21.5. The molecule has 3 fully saturated rings. The van der Waals surface area contributed by atoms with Gasteiger partial charge in [0.25, 0.3) is 0 Å². The summed E-state index contributed by atoms with van der Waals surface area (Å²) in [5.74, 6) is 1.08. The van der Waals surface area contributed by atoms with E-state index in [-0.39, 0.29) is 35.0 Å². The lowest BCUT2D eigenvalue weighted by Crippen LogP contribution is -2.63. The van der Waals surface area contributed by atoms with Crippen LogP contribution in [0.1, 0.15) is 50.8 Å². The molecule has 0 spiro atoms. The quantitative estimate of drug-likeness (QED) is 0.574. The van der Waals surface area contributed by atoms with Gasteiger partial charge in [-0.3, -0.25) is 4.79 Å². The van der Waals surface area contributed by atoms with E-state index >= 15 is 0 Å². The van der Waals surface area contributed by atoms with Gasteiger partial charge in [0.15, 0.2) is 6.29 Å². The highest BCUT2D eigenvalue weighted by Gasteiger charge is 2.61. The molecule has 7 heteroatoms. The second kappa shape index (κ2) is 10.2. The highest BCUT2D eigenvalue weighted by atomic mass is 32.1. The van der Waals surface area contributed by atoms with Crippen LogP contribution in [0, 0.1) is 22.7 Å². The Bertz CT molecular complexity index is 984. The maximum Gasteiger partial charge on any atom is 0.220 e. The smallest absolute Gasteiger partial charge is 0.220 e. The summed E-state index contributed by atoms with van der Waals surface area (Å²) >= 11 is 1.64. The third-order valence-corrected chi connectivity index (χ3v) is 9.68. The van der Waals surface area contributed by atoms with E-state index < -0.39 is 6.10 Å². The fourth-order valence-corrected chi connectivity index (χ4v) is 7.57. The molecule has 1 saturated heterocycles. The molecule has 1 aromatic heterocycles. The third-order valence-electron chi connectivity index (χ3n) is 8.81. The molecule has 2 aromatic rings. The van der Waals surface area contributed by atoms with Crippen LogP contribution in [0.15, 0.2) is 47.8 Å². The van der Waals surface area contributed by atoms with Gasteiger partial charge in [0.1, 0.15) is 12.4 Å². The SMILES string of the molecule is C[C@@]12CO[C@@H](COc3ccccc3)O[C@H]1CC[C@]1(C)[C@H]2CC[C@@H](O)[C@H]1CC(=O)NCc1cccs1. The summed E-state index contributed by atoms with van der Waals surface area (Å²) < 4.78 is 18.5. The number of carbonyl (C=O) groups excluding carboxylic acids is 1. The fourth-order valence-electron chi connectivity index (χ4n) is 6.93. The fraction of sp³-hybridized carbons (Fsp3) is 0.607. The van der Waals surface area contributed by atoms with Crippen molar-refractivity contribution in [2.75, 3.05) is 13.2 Å². The Morgan fingerprint density at radius 3 is 2.74 bits per heavy atom. The molecule has 190 valence electrons. The minimum atomic E-state index is -0.457. The maximum atomic E-state index is 12.9. The van der Waals surface area contributed by atoms with Crippen molar-refractivity contribution >= 4 is 17.2 Å². The molecule has 2 saturated carbocycles. The van der Waals surface area contributed by atoms with Crippen molar-refractivity contribution in [3.63, 3.8) is 0 Å². The monoisotopic (exact) mass is 499 g/mol. The first-order valence-electron chi connectivity index (χ1n) is 12.8. The molecule has 2 N–H and O–H groups in total. The topological polar surface area (TPSA) is 77.0 Å². The number of fused-ring (bicyclic) bond motifs is 3. The van der Waals surface area contributed by atoms with Crippen molar-refractivity contribution in [1.29, 1.82) is 0 Å². The first-order chi connectivity index (χ1) is 16.9. The average Bonchev–Trinajstić information content (AvgIpc) is 3.38. The Labute approximate surface area is 212 Å². The molecule has 1 aromatic carbocycles. The Morgan fingerprint density at radius 2 is 1.97 bits per heavy atom. The van der Waals surface area contributed by atoms with E-state index in [1.54, 1.807) is 11.3 Å². The minimum absolute atomic E-state index is 0.0193. The largest absolute Gasteiger partial charge is 0.488 e. The second-order valence-corrected chi connectivity index (χ2v) is 11.9. The van der Waals surface area contributed by atoms with Gasteiger partial charge in [-0.2, -0.15) is 0 Å². The molecule has 0 bridgehead atoms. The van der Waals surface area contributed by atoms with Gasteiger partial charge in [-0.25, -0.2) is 0 Å². The Morgan fingerprint density at radius 1 is 1.14 bits per heavy atom. The van der Waals surface area contributed by atoms with Crippen LogP contribution in [0.5, 0.6) is 5.75 Å². The lowest BCUT2D eigenvalue weighted by Gasteiger charge is -2.62. The molecule has 35 heavy (non-hydrogen) atoms. The highest BCUT2D eigenvalue weighted by Crippen LogP contribution is 2.62. The number of benzene rings is 1. The van der Waals surface area contributed by atoms with Gasteiger partial charge in [0.2, 0.25) is 5.91 Å². The van der Waals surface area contributed by atoms with Gasteiger partial charge >= 0.3 is 0 Å². The van der Waals surface area contributed by atoms with E-state index in [0.29, 0.717) is 38.5 Å². The molecule has 1 aliphatic heterocycles. The second-order valence-electron chi connectivity index (χ2n) is 10.9. The van der Waals surface area contributed by atoms with Crippen LogP contribution in [-0.4, -0.2) is 42.7 Å². The molecular weight excluding hydrogens is 462 g/mol. The standard InChI is InChI=1S/C28H37NO5S/c1-27-13-12-24-28(2,18-33-26(34-24)17-32-19-7-4-3-5-8-19)23(27)11-10-22(30)21(27)15-25(31)29-16-20-9-6-14-35-20/h3-9,14,21-24,26,30H,10-13,15-18H2,1-2H3,(H,29,31)/t21-,22-,23-,24+,26-,27+,28+/m1/s1. The number of aliphatic hydroxyl groups excluding tert-OH is 1. The number of aliphatic hydroxyl groups is 1. The minimum Gasteiger partial charge on any atom is -0.488 e. The number of hydrogen-bond acceptors (Lipinski definition) is 6. The summed E-state index contributed by atoms with van der Waals surface area (Å²) in [7, 11) is 0. The van der Waals surface area contributed by atoms with Crippen molar-refractivity contribution < 1.29 is 24.1 Å². The maximum absolute atomic E-state index is 12.9. The molecule has 7 atom stereocenters. The predicted molar refractivity (Wildman–Crippen MR) is 135 cm³/mol. The van der Waals surface area contributed by atoms with Gasteiger partial charge < -0.3 is 24.6 Å². The van der Waals surface area contributed by atoms with Gasteiger partial charge in [0.05, 0.1) is 25.4 Å². The van der Waals surface area contributed by atoms with Crippen molar-refractivity contribution in [2.45, 2.75) is 71.0 Å². The number of thiophene rings is 1. The first kappa shape index (κ1) is 24.8. The molecular formula is C28H37NO5S. The third kappa shape index (κ3) is 5.01. The number of rotatable bonds is 7. The molecule has 0 unspecified atom stereocenters. The van der Waals surface area contributed by atoms with Crippen molar-refractivity contribution in [1.82, 2.24) is 5.32 Å². The zero-order valence-electron chi connectivity index (χ0n) is 20.7. The lowest BCUT2D eigenvalue weighted by atomic mass is 9.46. The molecule has 2 heterocycles. The number of amides is 1. The van der Waals surface area contributed by atoms with Crippen LogP contribution in [0.2, 0.25) is 0 Å². The zero-order chi connectivity index (χ0) is 24.5. The molecule has 2 aliphatic carbocycles. The summed E-state index contributed by atoms with van der Waals surface area (Å²) in [4.78, 5) is 14.0. The van der Waals surface area contributed by atoms with Gasteiger partial charge in [-0.15, -0.1) is 11.3 Å². The molecule has 6 nitrogen and oxygen atoms in total. The number of ether oxygens (including phenoxy) is 3. The van der Waals surface area contributed by atoms with E-state index in [1.807, 2.05) is 47.8 Å². The summed E-state index contributed by atoms with van der Waals surface area (Å²) in [6.45, 7) is 6.08. The Balaban J connectivity index is 1.23. The van der Waals surface area contributed by atoms with Crippen molar-refractivity contribution in [3.05, 3.63) is 52.7 Å². The summed E-state index contributed by atoms with van der Waals surface area (Å²) in [5, 5.41) is 16.1. The van der Waals surface area contributed by atoms with Gasteiger partial charge in [-0.1, -0.05) is 38.1 Å². The van der Waals surface area contributed by atoms with Crippen LogP contribution in [0.4, 0.5) is 0 Å². The number of carbonyl (C=O) groups is 1. The predicted octanol–water partition coefficient (Wildman–Crippen LogP) is 4.77. The van der Waals surface area contributed by atoms with Crippen LogP contribution < -0.4 is 10.1 Å². The number of para-hydroxylation sites is 1. The summed E-state index contributed by atoms with van der Waals surface area (Å²) in [5.41, 5.74) is -0.286. The average molecular weight is 500 g/mol. The van der Waals surface area contributed by atoms with Gasteiger partial charge in [-0.05, 0) is 66.5 Å². The molecule has 0 radical (unpaired) electrons. The summed E-state index contributed by atoms with van der Waals surface area (Å²) in [6.07, 6.45) is 3.07. The highest BCUT2D eigenvalue weighted by molar-refractivity contribution is 7.09. The van der Waals surface area contributed by atoms with Crippen LogP contribution in [0.25, 0.3) is 0 Å². The lowest BCUT2D eigenvalue weighted by molar-refractivity contribution is -0.313. The molecule has 5 rings (SSSR count). The Kier molecular flexibility index (Phi) is 7.22. The van der Waals surface area contributed by atoms with E-state index in [4.69, 9.17) is 14.2 Å². The van der Waals surface area contributed by atoms with Crippen LogP contribution in [0.3, 0.4) is 0 Å².